The third kappa shape index (κ3) is 6.39. The zero-order valence-electron chi connectivity index (χ0n) is 42.4. The van der Waals surface area contributed by atoms with Crippen molar-refractivity contribution in [2.24, 2.45) is 0 Å². The number of furan rings is 1. The Morgan fingerprint density at radius 3 is 1.77 bits per heavy atom. The molecule has 12 aromatic carbocycles. The summed E-state index contributed by atoms with van der Waals surface area (Å²) in [4.78, 5) is 4.95. The summed E-state index contributed by atoms with van der Waals surface area (Å²) in [6.07, 6.45) is 0. The van der Waals surface area contributed by atoms with Gasteiger partial charge in [0.15, 0.2) is 5.58 Å². The molecule has 1 aliphatic carbocycles. The molecular weight excluding hydrogens is 925 g/mol. The Kier molecular flexibility index (Phi) is 9.46. The van der Waals surface area contributed by atoms with E-state index in [1.165, 1.54) is 87.2 Å². The van der Waals surface area contributed by atoms with Gasteiger partial charge in [-0.2, -0.15) is 0 Å². The van der Waals surface area contributed by atoms with Gasteiger partial charge in [-0.05, 0) is 143 Å². The number of fused-ring (bicyclic) bond motifs is 12. The molecule has 356 valence electrons. The van der Waals surface area contributed by atoms with E-state index < -0.39 is 8.07 Å². The van der Waals surface area contributed by atoms with Gasteiger partial charge >= 0.3 is 0 Å². The van der Waals surface area contributed by atoms with E-state index in [0.29, 0.717) is 0 Å². The van der Waals surface area contributed by atoms with Crippen LogP contribution in [0.25, 0.3) is 87.6 Å². The number of anilines is 6. The Balaban J connectivity index is 0.964. The number of hydrogen-bond acceptors (Lipinski definition) is 3. The summed E-state index contributed by atoms with van der Waals surface area (Å²) in [5.41, 5.74) is 18.7. The topological polar surface area (TPSA) is 19.6 Å². The van der Waals surface area contributed by atoms with Crippen LogP contribution in [0.5, 0.6) is 0 Å². The Morgan fingerprint density at radius 2 is 0.947 bits per heavy atom. The first kappa shape index (κ1) is 43.6. The molecule has 0 N–H and O–H groups in total. The van der Waals surface area contributed by atoms with Gasteiger partial charge in [0.05, 0.1) is 17.1 Å². The van der Waals surface area contributed by atoms with Crippen molar-refractivity contribution in [3.8, 4) is 33.4 Å². The number of hydrogen-bond donors (Lipinski definition) is 0. The van der Waals surface area contributed by atoms with Crippen LogP contribution in [-0.4, -0.2) is 8.07 Å². The lowest BCUT2D eigenvalue weighted by molar-refractivity contribution is 0.660. The lowest BCUT2D eigenvalue weighted by atomic mass is 9.82. The Hall–Kier alpha value is -8.96. The molecule has 4 heteroatoms. The molecule has 0 bridgehead atoms. The molecule has 75 heavy (non-hydrogen) atoms. The van der Waals surface area contributed by atoms with Crippen molar-refractivity contribution >= 4 is 107 Å². The van der Waals surface area contributed by atoms with Gasteiger partial charge in [0, 0.05) is 44.2 Å². The largest absolute Gasteiger partial charge is 0.454 e. The van der Waals surface area contributed by atoms with Crippen molar-refractivity contribution < 1.29 is 4.42 Å². The second-order valence-corrected chi connectivity index (χ2v) is 25.9. The van der Waals surface area contributed by atoms with Crippen LogP contribution >= 0.6 is 0 Å². The Bertz CT molecular complexity index is 4490. The maximum absolute atomic E-state index is 6.72. The van der Waals surface area contributed by atoms with Crippen molar-refractivity contribution in [3.63, 3.8) is 0 Å². The molecule has 2 aliphatic rings. The molecule has 3 nitrogen and oxygen atoms in total. The maximum Gasteiger partial charge on any atom is 0.159 e. The molecule has 2 heterocycles. The van der Waals surface area contributed by atoms with Crippen LogP contribution in [-0.2, 0) is 5.41 Å². The second-order valence-electron chi connectivity index (χ2n) is 21.6. The third-order valence-corrected chi connectivity index (χ3v) is 20.3. The van der Waals surface area contributed by atoms with Gasteiger partial charge in [0.2, 0.25) is 0 Å². The summed E-state index contributed by atoms with van der Waals surface area (Å²) in [5.74, 6) is 0. The molecule has 0 saturated heterocycles. The summed E-state index contributed by atoms with van der Waals surface area (Å²) in [6, 6.07) is 90.2. The zero-order chi connectivity index (χ0) is 50.2. The lowest BCUT2D eigenvalue weighted by Gasteiger charge is -2.36. The molecule has 0 atom stereocenters. The minimum absolute atomic E-state index is 0.162. The molecule has 0 amide bonds. The van der Waals surface area contributed by atoms with Crippen molar-refractivity contribution in [3.05, 3.63) is 254 Å². The highest BCUT2D eigenvalue weighted by molar-refractivity contribution is 7.03. The van der Waals surface area contributed by atoms with Crippen LogP contribution in [0.4, 0.5) is 34.1 Å². The van der Waals surface area contributed by atoms with E-state index in [9.17, 15) is 0 Å². The summed E-state index contributed by atoms with van der Waals surface area (Å²) < 4.78 is 6.72. The van der Waals surface area contributed by atoms with Crippen LogP contribution in [0.1, 0.15) is 25.0 Å². The SMILES string of the molecule is CC1(C)c2ccccc2-c2ccc(N(c3ccccc3-c3ccccc3)c3cc4c5cccc6c5c(cc4c4ccccc34)-c3ccc(N(c4ccccc4)c4cccc5c4oc4ccccc45)cc3[Si]6(C)C)cc21. The van der Waals surface area contributed by atoms with Crippen molar-refractivity contribution in [1.29, 1.82) is 0 Å². The Labute approximate surface area is 438 Å². The van der Waals surface area contributed by atoms with E-state index in [1.54, 1.807) is 0 Å². The van der Waals surface area contributed by atoms with Crippen molar-refractivity contribution in [2.75, 3.05) is 9.80 Å². The molecule has 15 rings (SSSR count). The monoisotopic (exact) mass is 976 g/mol. The fraction of sp³-hybridized carbons (Fsp3) is 0.0704. The first-order valence-corrected chi connectivity index (χ1v) is 29.2. The highest BCUT2D eigenvalue weighted by atomic mass is 28.3. The van der Waals surface area contributed by atoms with Crippen LogP contribution in [0, 0.1) is 0 Å². The molecule has 0 radical (unpaired) electrons. The predicted octanol–water partition coefficient (Wildman–Crippen LogP) is 18.8. The molecule has 0 unspecified atom stereocenters. The first-order chi connectivity index (χ1) is 36.7. The van der Waals surface area contributed by atoms with Crippen molar-refractivity contribution in [1.82, 2.24) is 0 Å². The van der Waals surface area contributed by atoms with Crippen LogP contribution in [0.3, 0.4) is 0 Å². The number of rotatable bonds is 7. The average molecular weight is 977 g/mol. The zero-order valence-corrected chi connectivity index (χ0v) is 43.4. The second kappa shape index (κ2) is 16.3. The van der Waals surface area contributed by atoms with E-state index in [0.717, 1.165) is 56.1 Å². The minimum Gasteiger partial charge on any atom is -0.454 e. The fourth-order valence-corrected chi connectivity index (χ4v) is 16.3. The van der Waals surface area contributed by atoms with E-state index in [1.807, 2.05) is 0 Å². The maximum atomic E-state index is 6.72. The highest BCUT2D eigenvalue weighted by Crippen LogP contribution is 2.53. The quantitative estimate of drug-likeness (QED) is 0.117. The predicted molar refractivity (Wildman–Crippen MR) is 321 cm³/mol. The first-order valence-electron chi connectivity index (χ1n) is 26.2. The van der Waals surface area contributed by atoms with Gasteiger partial charge in [0.25, 0.3) is 0 Å². The van der Waals surface area contributed by atoms with Crippen LogP contribution in [0.2, 0.25) is 13.1 Å². The van der Waals surface area contributed by atoms with Crippen LogP contribution in [0.15, 0.2) is 247 Å². The summed E-state index contributed by atoms with van der Waals surface area (Å²) in [7, 11) is -2.36. The molecular formula is C71H52N2OSi. The molecule has 0 fully saturated rings. The van der Waals surface area contributed by atoms with Crippen molar-refractivity contribution in [2.45, 2.75) is 32.4 Å². The smallest absolute Gasteiger partial charge is 0.159 e. The third-order valence-electron chi connectivity index (χ3n) is 16.8. The van der Waals surface area contributed by atoms with Crippen LogP contribution < -0.4 is 20.2 Å². The van der Waals surface area contributed by atoms with Gasteiger partial charge < -0.3 is 14.2 Å². The van der Waals surface area contributed by atoms with Gasteiger partial charge in [0.1, 0.15) is 13.7 Å². The van der Waals surface area contributed by atoms with E-state index >= 15 is 0 Å². The minimum atomic E-state index is -2.36. The Morgan fingerprint density at radius 1 is 0.347 bits per heavy atom. The average Bonchev–Trinajstić information content (AvgIpc) is 4.01. The van der Waals surface area contributed by atoms with Gasteiger partial charge in [-0.3, -0.25) is 0 Å². The van der Waals surface area contributed by atoms with E-state index in [2.05, 4.69) is 279 Å². The molecule has 1 aliphatic heterocycles. The van der Waals surface area contributed by atoms with Gasteiger partial charge in [-0.15, -0.1) is 0 Å². The number of para-hydroxylation sites is 4. The fourth-order valence-electron chi connectivity index (χ4n) is 13.2. The number of nitrogens with zero attached hydrogens (tertiary/aromatic N) is 2. The molecule has 0 saturated carbocycles. The summed E-state index contributed by atoms with van der Waals surface area (Å²) >= 11 is 0. The van der Waals surface area contributed by atoms with E-state index in [-0.39, 0.29) is 5.41 Å². The highest BCUT2D eigenvalue weighted by Gasteiger charge is 2.38. The van der Waals surface area contributed by atoms with Gasteiger partial charge in [-0.1, -0.05) is 203 Å². The van der Waals surface area contributed by atoms with Gasteiger partial charge in [-0.25, -0.2) is 0 Å². The normalized spacial score (nSPS) is 13.8. The summed E-state index contributed by atoms with van der Waals surface area (Å²) in [6.45, 7) is 9.86. The van der Waals surface area contributed by atoms with E-state index in [4.69, 9.17) is 4.42 Å². The molecule has 13 aromatic rings. The molecule has 0 spiro atoms. The lowest BCUT2D eigenvalue weighted by Crippen LogP contribution is -2.56. The standard InChI is InChI=1S/C71H52N2OSi/c1-71(2)61-32-16-13-27-51(61)52-39-37-47(41-62(52)71)73(63-33-17-14-25-49(63)45-21-7-5-8-22-45)65-44-59-56-30-20-36-67-69(56)60(43-58(59)50-26-11-12-28-53(50)65)55-40-38-48(42-68(55)75(67,3)4)72(46-23-9-6-10-24-46)64-34-19-31-57-54-29-15-18-35-66(54)74-70(57)64/h5-44H,1-4H3. The number of benzene rings is 12. The molecule has 1 aromatic heterocycles. The summed E-state index contributed by atoms with van der Waals surface area (Å²) in [5, 5.41) is 12.8.